The van der Waals surface area contributed by atoms with Gasteiger partial charge in [-0.2, -0.15) is 0 Å². The van der Waals surface area contributed by atoms with Gasteiger partial charge in [-0.15, -0.1) is 0 Å². The fraction of sp³-hybridized carbons (Fsp3) is 0.846. The summed E-state index contributed by atoms with van der Waals surface area (Å²) in [6.07, 6.45) is 3.69. The minimum absolute atomic E-state index is 0.0484. The Bertz CT molecular complexity index is 291. The van der Waals surface area contributed by atoms with Crippen molar-refractivity contribution in [2.24, 2.45) is 0 Å². The van der Waals surface area contributed by atoms with Crippen LogP contribution in [0.15, 0.2) is 0 Å². The van der Waals surface area contributed by atoms with E-state index in [1.807, 2.05) is 20.8 Å². The van der Waals surface area contributed by atoms with Gasteiger partial charge in [0.2, 0.25) is 11.8 Å². The van der Waals surface area contributed by atoms with Crippen molar-refractivity contribution in [3.8, 4) is 0 Å². The van der Waals surface area contributed by atoms with E-state index in [4.69, 9.17) is 0 Å². The van der Waals surface area contributed by atoms with E-state index in [2.05, 4.69) is 16.0 Å². The topological polar surface area (TPSA) is 70.2 Å². The third-order valence-electron chi connectivity index (χ3n) is 2.84. The van der Waals surface area contributed by atoms with Crippen LogP contribution in [0, 0.1) is 0 Å². The molecule has 3 N–H and O–H groups in total. The van der Waals surface area contributed by atoms with Crippen LogP contribution in [0.4, 0.5) is 0 Å². The second kappa shape index (κ2) is 6.73. The highest BCUT2D eigenvalue weighted by Gasteiger charge is 2.16. The zero-order valence-corrected chi connectivity index (χ0v) is 11.6. The lowest BCUT2D eigenvalue weighted by molar-refractivity contribution is -0.126. The summed E-state index contributed by atoms with van der Waals surface area (Å²) in [6.45, 7) is 6.87. The summed E-state index contributed by atoms with van der Waals surface area (Å²) in [7, 11) is 0. The first kappa shape index (κ1) is 15.0. The number of amides is 2. The lowest BCUT2D eigenvalue weighted by Gasteiger charge is -2.20. The Morgan fingerprint density at radius 3 is 2.56 bits per heavy atom. The van der Waals surface area contributed by atoms with Crippen LogP contribution in [-0.4, -0.2) is 36.5 Å². The van der Waals surface area contributed by atoms with Gasteiger partial charge in [-0.3, -0.25) is 9.59 Å². The van der Waals surface area contributed by atoms with Gasteiger partial charge >= 0.3 is 0 Å². The third-order valence-corrected chi connectivity index (χ3v) is 2.84. The van der Waals surface area contributed by atoms with Crippen LogP contribution in [0.5, 0.6) is 0 Å². The molecule has 1 aliphatic rings. The highest BCUT2D eigenvalue weighted by atomic mass is 16.2. The van der Waals surface area contributed by atoms with E-state index >= 15 is 0 Å². The van der Waals surface area contributed by atoms with Crippen LogP contribution >= 0.6 is 0 Å². The molecule has 0 saturated carbocycles. The zero-order valence-electron chi connectivity index (χ0n) is 11.6. The maximum atomic E-state index is 11.6. The number of rotatable bonds is 5. The third kappa shape index (κ3) is 6.59. The highest BCUT2D eigenvalue weighted by Crippen LogP contribution is 2.10. The first-order chi connectivity index (χ1) is 8.37. The Labute approximate surface area is 109 Å². The van der Waals surface area contributed by atoms with Gasteiger partial charge in [0.15, 0.2) is 0 Å². The van der Waals surface area contributed by atoms with E-state index in [1.54, 1.807) is 0 Å². The molecule has 5 nitrogen and oxygen atoms in total. The van der Waals surface area contributed by atoms with Crippen LogP contribution in [0.25, 0.3) is 0 Å². The number of carbonyl (C=O) groups excluding carboxylic acids is 2. The standard InChI is InChI=1S/C13H25N3O2/c1-13(2,3)16-12(18)9-15-11(17)7-6-10-5-4-8-14-10/h10,14H,4-9H2,1-3H3,(H,15,17)(H,16,18). The zero-order chi connectivity index (χ0) is 13.6. The summed E-state index contributed by atoms with van der Waals surface area (Å²) >= 11 is 0. The molecule has 18 heavy (non-hydrogen) atoms. The van der Waals surface area contributed by atoms with Gasteiger partial charge in [-0.1, -0.05) is 0 Å². The van der Waals surface area contributed by atoms with Crippen LogP contribution in [-0.2, 0) is 9.59 Å². The van der Waals surface area contributed by atoms with E-state index in [0.717, 1.165) is 19.4 Å². The smallest absolute Gasteiger partial charge is 0.239 e. The summed E-state index contributed by atoms with van der Waals surface area (Å²) in [5.74, 6) is -0.192. The molecule has 0 aliphatic carbocycles. The van der Waals surface area contributed by atoms with E-state index < -0.39 is 0 Å². The second-order valence-electron chi connectivity index (χ2n) is 5.91. The summed E-state index contributed by atoms with van der Waals surface area (Å²) in [5, 5.41) is 8.80. The molecule has 0 spiro atoms. The van der Waals surface area contributed by atoms with Gasteiger partial charge in [0.05, 0.1) is 6.54 Å². The van der Waals surface area contributed by atoms with Gasteiger partial charge in [0.25, 0.3) is 0 Å². The van der Waals surface area contributed by atoms with Crippen molar-refractivity contribution >= 4 is 11.8 Å². The minimum atomic E-state index is -0.254. The maximum absolute atomic E-state index is 11.6. The summed E-state index contributed by atoms with van der Waals surface area (Å²) in [6, 6.07) is 0.471. The van der Waals surface area contributed by atoms with Crippen LogP contribution in [0.2, 0.25) is 0 Å². The van der Waals surface area contributed by atoms with Gasteiger partial charge < -0.3 is 16.0 Å². The molecule has 5 heteroatoms. The Morgan fingerprint density at radius 1 is 1.28 bits per heavy atom. The Morgan fingerprint density at radius 2 is 2.00 bits per heavy atom. The van der Waals surface area contributed by atoms with E-state index in [9.17, 15) is 9.59 Å². The lowest BCUT2D eigenvalue weighted by Crippen LogP contribution is -2.45. The minimum Gasteiger partial charge on any atom is -0.350 e. The first-order valence-corrected chi connectivity index (χ1v) is 6.68. The van der Waals surface area contributed by atoms with E-state index in [-0.39, 0.29) is 23.9 Å². The second-order valence-corrected chi connectivity index (χ2v) is 5.91. The first-order valence-electron chi connectivity index (χ1n) is 6.68. The van der Waals surface area contributed by atoms with Gasteiger partial charge in [0, 0.05) is 18.0 Å². The molecule has 1 unspecified atom stereocenters. The molecule has 0 aromatic rings. The molecule has 2 amide bonds. The van der Waals surface area contributed by atoms with Crippen molar-refractivity contribution in [1.82, 2.24) is 16.0 Å². The molecule has 1 atom stereocenters. The molecule has 0 bridgehead atoms. The Hall–Kier alpha value is -1.10. The van der Waals surface area contributed by atoms with Gasteiger partial charge in [-0.05, 0) is 46.6 Å². The van der Waals surface area contributed by atoms with Crippen molar-refractivity contribution in [2.75, 3.05) is 13.1 Å². The van der Waals surface area contributed by atoms with Crippen molar-refractivity contribution in [3.05, 3.63) is 0 Å². The molecular formula is C13H25N3O2. The average molecular weight is 255 g/mol. The molecule has 0 aromatic heterocycles. The quantitative estimate of drug-likeness (QED) is 0.672. The van der Waals surface area contributed by atoms with Crippen LogP contribution < -0.4 is 16.0 Å². The predicted molar refractivity (Wildman–Crippen MR) is 71.2 cm³/mol. The summed E-state index contributed by atoms with van der Waals surface area (Å²) in [4.78, 5) is 23.0. The van der Waals surface area contributed by atoms with Crippen molar-refractivity contribution in [1.29, 1.82) is 0 Å². The fourth-order valence-electron chi connectivity index (χ4n) is 2.04. The summed E-state index contributed by atoms with van der Waals surface area (Å²) in [5.41, 5.74) is -0.254. The van der Waals surface area contributed by atoms with E-state index in [1.165, 1.54) is 6.42 Å². The molecule has 104 valence electrons. The number of hydrogen-bond donors (Lipinski definition) is 3. The molecular weight excluding hydrogens is 230 g/mol. The average Bonchev–Trinajstić information content (AvgIpc) is 2.74. The largest absolute Gasteiger partial charge is 0.350 e. The predicted octanol–water partition coefficient (Wildman–Crippen LogP) is 0.550. The summed E-state index contributed by atoms with van der Waals surface area (Å²) < 4.78 is 0. The molecule has 1 saturated heterocycles. The number of hydrogen-bond acceptors (Lipinski definition) is 3. The van der Waals surface area contributed by atoms with Crippen molar-refractivity contribution in [3.63, 3.8) is 0 Å². The molecule has 0 radical (unpaired) electrons. The highest BCUT2D eigenvalue weighted by molar-refractivity contribution is 5.84. The van der Waals surface area contributed by atoms with Crippen LogP contribution in [0.3, 0.4) is 0 Å². The molecule has 0 aromatic carbocycles. The molecule has 1 aliphatic heterocycles. The number of nitrogens with one attached hydrogen (secondary N) is 3. The molecule has 1 rings (SSSR count). The molecule has 1 fully saturated rings. The molecule has 1 heterocycles. The van der Waals surface area contributed by atoms with Gasteiger partial charge in [-0.25, -0.2) is 0 Å². The van der Waals surface area contributed by atoms with E-state index in [0.29, 0.717) is 12.5 Å². The maximum Gasteiger partial charge on any atom is 0.239 e. The normalized spacial score (nSPS) is 19.6. The van der Waals surface area contributed by atoms with Crippen LogP contribution in [0.1, 0.15) is 46.5 Å². The lowest BCUT2D eigenvalue weighted by atomic mass is 10.1. The van der Waals surface area contributed by atoms with Crippen molar-refractivity contribution in [2.45, 2.75) is 58.0 Å². The van der Waals surface area contributed by atoms with Crippen molar-refractivity contribution < 1.29 is 9.59 Å². The fourth-order valence-corrected chi connectivity index (χ4v) is 2.04. The Balaban J connectivity index is 2.10. The van der Waals surface area contributed by atoms with Gasteiger partial charge in [0.1, 0.15) is 0 Å². The monoisotopic (exact) mass is 255 g/mol. The number of carbonyl (C=O) groups is 2. The Kier molecular flexibility index (Phi) is 5.59. The SMILES string of the molecule is CC(C)(C)NC(=O)CNC(=O)CCC1CCCN1.